The van der Waals surface area contributed by atoms with E-state index in [0.29, 0.717) is 40.7 Å². The smallest absolute Gasteiger partial charge is 0.340 e. The first kappa shape index (κ1) is 39.4. The highest BCUT2D eigenvalue weighted by atomic mass is 19.3. The fourth-order valence-corrected chi connectivity index (χ4v) is 7.45. The predicted molar refractivity (Wildman–Crippen MR) is 209 cm³/mol. The highest BCUT2D eigenvalue weighted by Gasteiger charge is 2.42. The Hall–Kier alpha value is -5.32. The van der Waals surface area contributed by atoms with E-state index < -0.39 is 19.0 Å². The Balaban J connectivity index is 1.59. The van der Waals surface area contributed by atoms with Crippen LogP contribution in [0.2, 0.25) is 0 Å². The molecule has 7 nitrogen and oxygen atoms in total. The van der Waals surface area contributed by atoms with Crippen LogP contribution in [0.4, 0.5) is 17.6 Å². The molecule has 0 saturated carbocycles. The van der Waals surface area contributed by atoms with Crippen LogP contribution < -0.4 is 14.2 Å². The molecule has 55 heavy (non-hydrogen) atoms. The van der Waals surface area contributed by atoms with Crippen LogP contribution in [0.1, 0.15) is 73.9 Å². The zero-order valence-electron chi connectivity index (χ0n) is 31.7. The van der Waals surface area contributed by atoms with E-state index in [-0.39, 0.29) is 34.8 Å². The minimum Gasteiger partial charge on any atom is -0.496 e. The third kappa shape index (κ3) is 7.66. The van der Waals surface area contributed by atoms with Gasteiger partial charge >= 0.3 is 12.3 Å². The van der Waals surface area contributed by atoms with Gasteiger partial charge in [-0.25, -0.2) is 8.78 Å². The highest BCUT2D eigenvalue weighted by molar-refractivity contribution is 6.27. The van der Waals surface area contributed by atoms with Gasteiger partial charge < -0.3 is 23.5 Å². The van der Waals surface area contributed by atoms with Gasteiger partial charge in [-0.15, -0.1) is 0 Å². The van der Waals surface area contributed by atoms with Crippen molar-refractivity contribution in [1.29, 1.82) is 5.41 Å². The van der Waals surface area contributed by atoms with Gasteiger partial charge in [-0.05, 0) is 42.3 Å². The molecule has 1 aromatic heterocycles. The van der Waals surface area contributed by atoms with Crippen molar-refractivity contribution in [3.05, 3.63) is 101 Å². The summed E-state index contributed by atoms with van der Waals surface area (Å²) in [7, 11) is 4.49. The van der Waals surface area contributed by atoms with E-state index >= 15 is 0 Å². The SMILES string of the molecule is CCCCC(CC)Cn1c2ccc(C(=N)C3=C(OCC(F)(F)C(F)F)CCC=C3)cc2c2cc(C(=O)c3c(OC)cc(OC)cc3OC)c3ccccc3c21. The molecule has 1 unspecified atom stereocenters. The molecule has 0 bridgehead atoms. The molecule has 290 valence electrons. The van der Waals surface area contributed by atoms with Gasteiger partial charge in [0.15, 0.2) is 6.61 Å². The lowest BCUT2D eigenvalue weighted by atomic mass is 9.92. The van der Waals surface area contributed by atoms with Crippen molar-refractivity contribution < 1.29 is 41.3 Å². The Bertz CT molecular complexity index is 2280. The average molecular weight is 759 g/mol. The topological polar surface area (TPSA) is 82.8 Å². The first-order valence-corrected chi connectivity index (χ1v) is 18.6. The van der Waals surface area contributed by atoms with Gasteiger partial charge in [-0.1, -0.05) is 75.6 Å². The fraction of sp³-hybridized carbons (Fsp3) is 0.364. The Morgan fingerprint density at radius 3 is 2.25 bits per heavy atom. The molecular formula is C44H46F4N2O5. The monoisotopic (exact) mass is 758 g/mol. The van der Waals surface area contributed by atoms with Gasteiger partial charge in [0.25, 0.3) is 0 Å². The molecule has 1 aliphatic rings. The molecule has 0 aliphatic heterocycles. The fourth-order valence-electron chi connectivity index (χ4n) is 7.45. The van der Waals surface area contributed by atoms with Crippen molar-refractivity contribution in [3.8, 4) is 17.2 Å². The number of nitrogens with zero attached hydrogens (tertiary/aromatic N) is 1. The molecule has 4 aromatic carbocycles. The second-order valence-electron chi connectivity index (χ2n) is 13.9. The Morgan fingerprint density at radius 2 is 1.62 bits per heavy atom. The van der Waals surface area contributed by atoms with Crippen molar-refractivity contribution in [2.45, 2.75) is 71.3 Å². The van der Waals surface area contributed by atoms with E-state index in [4.69, 9.17) is 18.9 Å². The normalized spacial score (nSPS) is 13.9. The van der Waals surface area contributed by atoms with Gasteiger partial charge in [-0.2, -0.15) is 8.78 Å². The Morgan fingerprint density at radius 1 is 0.909 bits per heavy atom. The van der Waals surface area contributed by atoms with Crippen molar-refractivity contribution in [2.75, 3.05) is 27.9 Å². The minimum absolute atomic E-state index is 0.00767. The predicted octanol–water partition coefficient (Wildman–Crippen LogP) is 11.3. The van der Waals surface area contributed by atoms with E-state index in [9.17, 15) is 27.8 Å². The second-order valence-corrected chi connectivity index (χ2v) is 13.9. The quantitative estimate of drug-likeness (QED) is 0.0580. The van der Waals surface area contributed by atoms with E-state index in [0.717, 1.165) is 64.8 Å². The van der Waals surface area contributed by atoms with Crippen molar-refractivity contribution in [3.63, 3.8) is 0 Å². The van der Waals surface area contributed by atoms with Crippen molar-refractivity contribution >= 4 is 44.1 Å². The lowest BCUT2D eigenvalue weighted by Crippen LogP contribution is -2.32. The molecule has 6 rings (SSSR count). The molecule has 0 spiro atoms. The second kappa shape index (κ2) is 16.6. The molecule has 1 N–H and O–H groups in total. The van der Waals surface area contributed by atoms with Crippen LogP contribution in [0.25, 0.3) is 32.6 Å². The van der Waals surface area contributed by atoms with E-state index in [1.165, 1.54) is 21.3 Å². The first-order chi connectivity index (χ1) is 26.5. The number of benzene rings is 4. The lowest BCUT2D eigenvalue weighted by molar-refractivity contribution is -0.158. The summed E-state index contributed by atoms with van der Waals surface area (Å²) >= 11 is 0. The molecule has 1 aliphatic carbocycles. The Kier molecular flexibility index (Phi) is 11.9. The standard InChI is InChI=1S/C44H46F4N2O5/c1-6-8-13-26(7-2)24-50-35-19-18-27(40(49)31-16-11-12-17-36(31)55-25-44(47,48)43(45)46)20-32(35)33-23-34(29-14-9-10-15-30(29)41(33)50)42(51)39-37(53-4)21-28(52-3)22-38(39)54-5/h9-11,14-16,18-23,26,43,49H,6-8,12-13,17,24-25H2,1-5H3. The number of carbonyl (C=O) groups excluding carboxylic acids is 1. The number of aromatic nitrogens is 1. The number of hydrogen-bond acceptors (Lipinski definition) is 6. The maximum Gasteiger partial charge on any atom is 0.340 e. The van der Waals surface area contributed by atoms with Gasteiger partial charge in [0.1, 0.15) is 28.6 Å². The number of unbranched alkanes of at least 4 members (excludes halogenated alkanes) is 1. The number of rotatable bonds is 17. The number of ether oxygens (including phenoxy) is 4. The summed E-state index contributed by atoms with van der Waals surface area (Å²) in [6, 6.07) is 18.6. The van der Waals surface area contributed by atoms with Crippen LogP contribution in [0.5, 0.6) is 17.2 Å². The largest absolute Gasteiger partial charge is 0.496 e. The van der Waals surface area contributed by atoms with E-state index in [1.807, 2.05) is 48.5 Å². The number of methoxy groups -OCH3 is 3. The first-order valence-electron chi connectivity index (χ1n) is 18.6. The third-order valence-corrected chi connectivity index (χ3v) is 10.5. The number of hydrogen-bond donors (Lipinski definition) is 1. The number of halogens is 4. The number of ketones is 1. The zero-order valence-corrected chi connectivity index (χ0v) is 31.7. The number of allylic oxidation sites excluding steroid dienone is 4. The van der Waals surface area contributed by atoms with Crippen LogP contribution in [0.15, 0.2) is 84.1 Å². The zero-order chi connectivity index (χ0) is 39.4. The van der Waals surface area contributed by atoms with Crippen LogP contribution >= 0.6 is 0 Å². The van der Waals surface area contributed by atoms with Crippen LogP contribution in [0, 0.1) is 11.3 Å². The number of alkyl halides is 4. The molecule has 1 heterocycles. The lowest BCUT2D eigenvalue weighted by Gasteiger charge is -2.21. The van der Waals surface area contributed by atoms with Gasteiger partial charge in [0.05, 0.1) is 32.6 Å². The maximum absolute atomic E-state index is 14.8. The highest BCUT2D eigenvalue weighted by Crippen LogP contribution is 2.42. The van der Waals surface area contributed by atoms with Crippen molar-refractivity contribution in [2.24, 2.45) is 5.92 Å². The average Bonchev–Trinajstić information content (AvgIpc) is 3.52. The molecule has 0 fully saturated rings. The molecular weight excluding hydrogens is 712 g/mol. The molecule has 5 aromatic rings. The van der Waals surface area contributed by atoms with Gasteiger partial charge in [-0.3, -0.25) is 10.2 Å². The summed E-state index contributed by atoms with van der Waals surface area (Å²) in [5.41, 5.74) is 3.27. The molecule has 1 atom stereocenters. The van der Waals surface area contributed by atoms with Gasteiger partial charge in [0, 0.05) is 63.5 Å². The van der Waals surface area contributed by atoms with Crippen LogP contribution in [-0.2, 0) is 11.3 Å². The summed E-state index contributed by atoms with van der Waals surface area (Å²) in [5.74, 6) is -3.13. The number of carbonyl (C=O) groups is 1. The summed E-state index contributed by atoms with van der Waals surface area (Å²) in [6.07, 6.45) is 4.41. The number of fused-ring (bicyclic) bond motifs is 5. The van der Waals surface area contributed by atoms with Gasteiger partial charge in [0.2, 0.25) is 5.78 Å². The summed E-state index contributed by atoms with van der Waals surface area (Å²) < 4.78 is 78.1. The molecule has 0 radical (unpaired) electrons. The molecule has 11 heteroatoms. The summed E-state index contributed by atoms with van der Waals surface area (Å²) in [6.45, 7) is 3.62. The minimum atomic E-state index is -4.33. The van der Waals surface area contributed by atoms with Crippen molar-refractivity contribution in [1.82, 2.24) is 4.57 Å². The Labute approximate surface area is 318 Å². The van der Waals surface area contributed by atoms with Crippen LogP contribution in [-0.4, -0.2) is 56.3 Å². The van der Waals surface area contributed by atoms with Crippen LogP contribution in [0.3, 0.4) is 0 Å². The third-order valence-electron chi connectivity index (χ3n) is 10.5. The van der Waals surface area contributed by atoms with E-state index in [2.05, 4.69) is 18.4 Å². The number of nitrogens with one attached hydrogen (secondary N) is 1. The van der Waals surface area contributed by atoms with E-state index in [1.54, 1.807) is 24.3 Å². The summed E-state index contributed by atoms with van der Waals surface area (Å²) in [5, 5.41) is 12.5. The molecule has 0 amide bonds. The molecule has 0 saturated heterocycles. The summed E-state index contributed by atoms with van der Waals surface area (Å²) in [4.78, 5) is 14.8. The maximum atomic E-state index is 14.8.